The lowest BCUT2D eigenvalue weighted by Gasteiger charge is -2.41. The summed E-state index contributed by atoms with van der Waals surface area (Å²) in [7, 11) is 1.43. The average Bonchev–Trinajstić information content (AvgIpc) is 2.75. The first kappa shape index (κ1) is 13.3. The molecule has 108 valence electrons. The maximum absolute atomic E-state index is 13.9. The van der Waals surface area contributed by atoms with Crippen molar-refractivity contribution in [3.63, 3.8) is 0 Å². The number of nitrogens with zero attached hydrogens (tertiary/aromatic N) is 2. The normalized spacial score (nSPS) is 23.8. The lowest BCUT2D eigenvalue weighted by molar-refractivity contribution is 0.0716. The Hall–Kier alpha value is -1.69. The number of ether oxygens (including phenoxy) is 1. The molecule has 6 heteroatoms. The number of nitrogens with two attached hydrogens (primary N) is 1. The highest BCUT2D eigenvalue weighted by atomic mass is 19.1. The lowest BCUT2D eigenvalue weighted by atomic mass is 9.66. The van der Waals surface area contributed by atoms with Gasteiger partial charge in [0.2, 0.25) is 0 Å². The van der Waals surface area contributed by atoms with E-state index in [1.54, 1.807) is 4.90 Å². The van der Waals surface area contributed by atoms with Crippen LogP contribution in [0.3, 0.4) is 0 Å². The Bertz CT molecular complexity index is 545. The van der Waals surface area contributed by atoms with Crippen molar-refractivity contribution in [2.45, 2.75) is 25.3 Å². The van der Waals surface area contributed by atoms with Crippen molar-refractivity contribution < 1.29 is 13.9 Å². The summed E-state index contributed by atoms with van der Waals surface area (Å²) in [5.41, 5.74) is 6.03. The predicted molar refractivity (Wildman–Crippen MR) is 70.9 cm³/mol. The number of aromatic nitrogens is 1. The number of likely N-dealkylation sites (tertiary alicyclic amines) is 1. The van der Waals surface area contributed by atoms with Gasteiger partial charge < -0.3 is 15.4 Å². The first-order chi connectivity index (χ1) is 9.55. The van der Waals surface area contributed by atoms with E-state index in [-0.39, 0.29) is 23.1 Å². The van der Waals surface area contributed by atoms with Crippen molar-refractivity contribution in [3.05, 3.63) is 23.8 Å². The Balaban J connectivity index is 1.80. The number of hydrogen-bond donors (Lipinski definition) is 1. The number of carbonyl (C=O) groups excluding carboxylic acids is 1. The lowest BCUT2D eigenvalue weighted by Crippen LogP contribution is -2.45. The molecule has 1 aromatic heterocycles. The van der Waals surface area contributed by atoms with Crippen LogP contribution in [0.2, 0.25) is 0 Å². The summed E-state index contributed by atoms with van der Waals surface area (Å²) < 4.78 is 18.8. The zero-order valence-corrected chi connectivity index (χ0v) is 11.4. The minimum absolute atomic E-state index is 0.0125. The fraction of sp³-hybridized carbons (Fsp3) is 0.571. The number of pyridine rings is 1. The Kier molecular flexibility index (Phi) is 3.12. The van der Waals surface area contributed by atoms with Crippen LogP contribution in [0.15, 0.2) is 12.3 Å². The van der Waals surface area contributed by atoms with E-state index >= 15 is 0 Å². The van der Waals surface area contributed by atoms with Crippen molar-refractivity contribution in [1.82, 2.24) is 9.88 Å². The standard InChI is InChI=1S/C14H18FN3O2/c1-20-9-5-10(15)12(17-6-9)13(19)18-7-11(16)14(8-18)3-2-4-14/h5-6,11H,2-4,7-8,16H2,1H3. The molecular formula is C14H18FN3O2. The predicted octanol–water partition coefficient (Wildman–Crippen LogP) is 1.18. The van der Waals surface area contributed by atoms with Gasteiger partial charge in [-0.1, -0.05) is 6.42 Å². The maximum atomic E-state index is 13.9. The first-order valence-corrected chi connectivity index (χ1v) is 6.80. The van der Waals surface area contributed by atoms with Gasteiger partial charge in [0, 0.05) is 30.6 Å². The maximum Gasteiger partial charge on any atom is 0.275 e. The second-order valence-corrected chi connectivity index (χ2v) is 5.71. The van der Waals surface area contributed by atoms with Gasteiger partial charge in [-0.05, 0) is 12.8 Å². The summed E-state index contributed by atoms with van der Waals surface area (Å²) in [4.78, 5) is 17.9. The van der Waals surface area contributed by atoms with E-state index in [1.165, 1.54) is 19.4 Å². The second-order valence-electron chi connectivity index (χ2n) is 5.71. The molecule has 0 bridgehead atoms. The van der Waals surface area contributed by atoms with Gasteiger partial charge in [0.1, 0.15) is 5.75 Å². The van der Waals surface area contributed by atoms with E-state index in [4.69, 9.17) is 10.5 Å². The third kappa shape index (κ3) is 1.95. The van der Waals surface area contributed by atoms with Gasteiger partial charge in [0.05, 0.1) is 13.3 Å². The molecule has 0 aromatic carbocycles. The first-order valence-electron chi connectivity index (χ1n) is 6.80. The fourth-order valence-corrected chi connectivity index (χ4v) is 3.15. The zero-order valence-electron chi connectivity index (χ0n) is 11.4. The van der Waals surface area contributed by atoms with Crippen LogP contribution in [0.5, 0.6) is 5.75 Å². The minimum atomic E-state index is -0.655. The highest BCUT2D eigenvalue weighted by molar-refractivity contribution is 5.93. The van der Waals surface area contributed by atoms with E-state index in [0.29, 0.717) is 18.8 Å². The van der Waals surface area contributed by atoms with Gasteiger partial charge in [-0.25, -0.2) is 9.37 Å². The monoisotopic (exact) mass is 279 g/mol. The molecule has 1 aliphatic carbocycles. The van der Waals surface area contributed by atoms with Crippen LogP contribution in [0, 0.1) is 11.2 Å². The van der Waals surface area contributed by atoms with Gasteiger partial charge >= 0.3 is 0 Å². The molecule has 1 unspecified atom stereocenters. The molecule has 2 N–H and O–H groups in total. The third-order valence-corrected chi connectivity index (χ3v) is 4.60. The fourth-order valence-electron chi connectivity index (χ4n) is 3.15. The number of rotatable bonds is 2. The van der Waals surface area contributed by atoms with Crippen LogP contribution in [0.25, 0.3) is 0 Å². The van der Waals surface area contributed by atoms with Crippen LogP contribution in [-0.2, 0) is 0 Å². The van der Waals surface area contributed by atoms with Crippen molar-refractivity contribution in [3.8, 4) is 5.75 Å². The summed E-state index contributed by atoms with van der Waals surface area (Å²) in [6, 6.07) is 1.16. The number of hydrogen-bond acceptors (Lipinski definition) is 4. The number of amides is 1. The second kappa shape index (κ2) is 4.70. The molecule has 1 atom stereocenters. The Morgan fingerprint density at radius 3 is 2.85 bits per heavy atom. The van der Waals surface area contributed by atoms with Gasteiger partial charge in [0.25, 0.3) is 5.91 Å². The van der Waals surface area contributed by atoms with Crippen LogP contribution in [0.4, 0.5) is 4.39 Å². The number of methoxy groups -OCH3 is 1. The molecule has 20 heavy (non-hydrogen) atoms. The molecule has 2 heterocycles. The van der Waals surface area contributed by atoms with Crippen LogP contribution in [-0.4, -0.2) is 42.0 Å². The summed E-state index contributed by atoms with van der Waals surface area (Å²) in [6.07, 6.45) is 4.61. The molecule has 2 aliphatic rings. The molecule has 1 spiro atoms. The van der Waals surface area contributed by atoms with Crippen molar-refractivity contribution >= 4 is 5.91 Å². The van der Waals surface area contributed by atoms with Crippen molar-refractivity contribution in [1.29, 1.82) is 0 Å². The molecule has 1 saturated heterocycles. The molecule has 3 rings (SSSR count). The van der Waals surface area contributed by atoms with E-state index in [1.807, 2.05) is 0 Å². The third-order valence-electron chi connectivity index (χ3n) is 4.60. The largest absolute Gasteiger partial charge is 0.495 e. The number of halogens is 1. The smallest absolute Gasteiger partial charge is 0.275 e. The average molecular weight is 279 g/mol. The molecule has 1 amide bonds. The van der Waals surface area contributed by atoms with Crippen LogP contribution >= 0.6 is 0 Å². The quantitative estimate of drug-likeness (QED) is 0.882. The van der Waals surface area contributed by atoms with Gasteiger partial charge in [-0.3, -0.25) is 4.79 Å². The highest BCUT2D eigenvalue weighted by Crippen LogP contribution is 2.47. The van der Waals surface area contributed by atoms with Gasteiger partial charge in [-0.15, -0.1) is 0 Å². The Morgan fingerprint density at radius 1 is 1.60 bits per heavy atom. The van der Waals surface area contributed by atoms with Crippen molar-refractivity contribution in [2.75, 3.05) is 20.2 Å². The van der Waals surface area contributed by atoms with Crippen molar-refractivity contribution in [2.24, 2.45) is 11.1 Å². The highest BCUT2D eigenvalue weighted by Gasteiger charge is 2.50. The molecule has 2 fully saturated rings. The SMILES string of the molecule is COc1cnc(C(=O)N2CC(N)C3(CCC3)C2)c(F)c1. The van der Waals surface area contributed by atoms with E-state index < -0.39 is 5.82 Å². The zero-order chi connectivity index (χ0) is 14.3. The summed E-state index contributed by atoms with van der Waals surface area (Å²) >= 11 is 0. The Morgan fingerprint density at radius 2 is 2.35 bits per heavy atom. The van der Waals surface area contributed by atoms with Gasteiger partial charge in [-0.2, -0.15) is 0 Å². The molecule has 1 saturated carbocycles. The summed E-state index contributed by atoms with van der Waals surface area (Å²) in [6.45, 7) is 1.09. The Labute approximate surface area is 116 Å². The number of carbonyl (C=O) groups is 1. The summed E-state index contributed by atoms with van der Waals surface area (Å²) in [5.74, 6) is -0.741. The molecule has 1 aromatic rings. The molecular weight excluding hydrogens is 261 g/mol. The van der Waals surface area contributed by atoms with E-state index in [0.717, 1.165) is 19.3 Å². The topological polar surface area (TPSA) is 68.5 Å². The van der Waals surface area contributed by atoms with Crippen LogP contribution < -0.4 is 10.5 Å². The molecule has 5 nitrogen and oxygen atoms in total. The summed E-state index contributed by atoms with van der Waals surface area (Å²) in [5, 5.41) is 0. The van der Waals surface area contributed by atoms with E-state index in [2.05, 4.69) is 4.98 Å². The van der Waals surface area contributed by atoms with Crippen LogP contribution in [0.1, 0.15) is 29.8 Å². The minimum Gasteiger partial charge on any atom is -0.495 e. The van der Waals surface area contributed by atoms with Gasteiger partial charge in [0.15, 0.2) is 11.5 Å². The molecule has 0 radical (unpaired) electrons. The van der Waals surface area contributed by atoms with E-state index in [9.17, 15) is 9.18 Å². The molecule has 1 aliphatic heterocycles.